The number of rotatable bonds is 3. The van der Waals surface area contributed by atoms with Gasteiger partial charge in [0.2, 0.25) is 0 Å². The highest BCUT2D eigenvalue weighted by molar-refractivity contribution is 8.00. The van der Waals surface area contributed by atoms with E-state index in [1.807, 2.05) is 0 Å². The van der Waals surface area contributed by atoms with Gasteiger partial charge in [0.25, 0.3) is 0 Å². The first-order valence-electron chi connectivity index (χ1n) is 4.60. The van der Waals surface area contributed by atoms with Crippen LogP contribution in [0, 0.1) is 0 Å². The maximum Gasteiger partial charge on any atom is 0.0454 e. The molecule has 1 aliphatic rings. The normalized spacial score (nSPS) is 32.2. The highest BCUT2D eigenvalue weighted by Gasteiger charge is 2.22. The molecule has 11 heavy (non-hydrogen) atoms. The second kappa shape index (κ2) is 5.31. The standard InChI is InChI=1S/C9H17ClS/c1-2-7-11-9-6-4-3-5-8(9)10/h8-9H,2-7H2,1H3/t8-,9-/m1/s1. The summed E-state index contributed by atoms with van der Waals surface area (Å²) in [7, 11) is 0. The molecule has 0 aromatic carbocycles. The smallest absolute Gasteiger partial charge is 0.0454 e. The Hall–Kier alpha value is 0.640. The van der Waals surface area contributed by atoms with Gasteiger partial charge in [0.05, 0.1) is 0 Å². The molecule has 66 valence electrons. The second-order valence-electron chi connectivity index (χ2n) is 3.21. The van der Waals surface area contributed by atoms with Crippen molar-refractivity contribution in [1.29, 1.82) is 0 Å². The Bertz CT molecular complexity index is 106. The maximum absolute atomic E-state index is 6.20. The molecule has 0 nitrogen and oxygen atoms in total. The van der Waals surface area contributed by atoms with Crippen LogP contribution in [0.15, 0.2) is 0 Å². The Morgan fingerprint density at radius 2 is 2.09 bits per heavy atom. The van der Waals surface area contributed by atoms with E-state index >= 15 is 0 Å². The zero-order chi connectivity index (χ0) is 8.10. The first-order chi connectivity index (χ1) is 5.34. The minimum Gasteiger partial charge on any atom is -0.157 e. The summed E-state index contributed by atoms with van der Waals surface area (Å²) in [5.41, 5.74) is 0. The van der Waals surface area contributed by atoms with Gasteiger partial charge in [-0.05, 0) is 25.0 Å². The van der Waals surface area contributed by atoms with E-state index in [1.54, 1.807) is 0 Å². The lowest BCUT2D eigenvalue weighted by atomic mass is 10.00. The fraction of sp³-hybridized carbons (Fsp3) is 1.00. The van der Waals surface area contributed by atoms with Crippen molar-refractivity contribution in [2.24, 2.45) is 0 Å². The lowest BCUT2D eigenvalue weighted by Crippen LogP contribution is -2.22. The molecule has 1 saturated carbocycles. The molecule has 0 saturated heterocycles. The quantitative estimate of drug-likeness (QED) is 0.615. The molecular weight excluding hydrogens is 176 g/mol. The second-order valence-corrected chi connectivity index (χ2v) is 5.12. The van der Waals surface area contributed by atoms with Gasteiger partial charge in [-0.15, -0.1) is 11.6 Å². The Balaban J connectivity index is 2.18. The molecule has 0 heterocycles. The van der Waals surface area contributed by atoms with Gasteiger partial charge in [-0.25, -0.2) is 0 Å². The first kappa shape index (κ1) is 9.73. The van der Waals surface area contributed by atoms with Crippen molar-refractivity contribution >= 4 is 23.4 Å². The molecule has 2 heteroatoms. The largest absolute Gasteiger partial charge is 0.157 e. The molecule has 0 aromatic rings. The van der Waals surface area contributed by atoms with Crippen LogP contribution in [-0.4, -0.2) is 16.4 Å². The Morgan fingerprint density at radius 3 is 2.73 bits per heavy atom. The van der Waals surface area contributed by atoms with Gasteiger partial charge in [-0.2, -0.15) is 11.8 Å². The van der Waals surface area contributed by atoms with E-state index in [9.17, 15) is 0 Å². The van der Waals surface area contributed by atoms with Crippen molar-refractivity contribution in [3.05, 3.63) is 0 Å². The van der Waals surface area contributed by atoms with E-state index in [0.29, 0.717) is 5.38 Å². The van der Waals surface area contributed by atoms with Crippen LogP contribution in [0.2, 0.25) is 0 Å². The van der Waals surface area contributed by atoms with Crippen molar-refractivity contribution in [3.63, 3.8) is 0 Å². The molecule has 0 N–H and O–H groups in total. The predicted octanol–water partition coefficient (Wildman–Crippen LogP) is 3.68. The highest BCUT2D eigenvalue weighted by Crippen LogP contribution is 2.32. The van der Waals surface area contributed by atoms with E-state index in [0.717, 1.165) is 5.25 Å². The van der Waals surface area contributed by atoms with E-state index in [2.05, 4.69) is 18.7 Å². The van der Waals surface area contributed by atoms with Crippen LogP contribution < -0.4 is 0 Å². The van der Waals surface area contributed by atoms with E-state index in [-0.39, 0.29) is 0 Å². The van der Waals surface area contributed by atoms with Gasteiger partial charge in [-0.1, -0.05) is 19.8 Å². The van der Waals surface area contributed by atoms with Gasteiger partial charge in [-0.3, -0.25) is 0 Å². The van der Waals surface area contributed by atoms with E-state index in [4.69, 9.17) is 11.6 Å². The molecule has 0 aliphatic heterocycles. The fourth-order valence-electron chi connectivity index (χ4n) is 1.51. The summed E-state index contributed by atoms with van der Waals surface area (Å²) in [6, 6.07) is 0. The van der Waals surface area contributed by atoms with Crippen LogP contribution in [-0.2, 0) is 0 Å². The number of halogens is 1. The van der Waals surface area contributed by atoms with Crippen molar-refractivity contribution in [2.75, 3.05) is 5.75 Å². The molecule has 0 spiro atoms. The van der Waals surface area contributed by atoms with Crippen LogP contribution in [0.4, 0.5) is 0 Å². The first-order valence-corrected chi connectivity index (χ1v) is 6.08. The van der Waals surface area contributed by atoms with E-state index < -0.39 is 0 Å². The van der Waals surface area contributed by atoms with Crippen molar-refractivity contribution in [3.8, 4) is 0 Å². The lowest BCUT2D eigenvalue weighted by Gasteiger charge is -2.26. The van der Waals surface area contributed by atoms with Gasteiger partial charge in [0.15, 0.2) is 0 Å². The SMILES string of the molecule is CCCS[C@@H]1CCCC[C@H]1Cl. The zero-order valence-electron chi connectivity index (χ0n) is 7.18. The number of hydrogen-bond donors (Lipinski definition) is 0. The molecule has 1 fully saturated rings. The van der Waals surface area contributed by atoms with Crippen molar-refractivity contribution < 1.29 is 0 Å². The molecule has 0 radical (unpaired) electrons. The Labute approximate surface area is 79.1 Å². The van der Waals surface area contributed by atoms with Gasteiger partial charge in [0.1, 0.15) is 0 Å². The highest BCUT2D eigenvalue weighted by atomic mass is 35.5. The summed E-state index contributed by atoms with van der Waals surface area (Å²) in [5.74, 6) is 1.29. The predicted molar refractivity (Wildman–Crippen MR) is 54.6 cm³/mol. The number of hydrogen-bond acceptors (Lipinski definition) is 1. The molecule has 2 atom stereocenters. The van der Waals surface area contributed by atoms with Crippen LogP contribution in [0.3, 0.4) is 0 Å². The summed E-state index contributed by atoms with van der Waals surface area (Å²) in [4.78, 5) is 0. The molecule has 1 rings (SSSR count). The summed E-state index contributed by atoms with van der Waals surface area (Å²) < 4.78 is 0. The average molecular weight is 193 g/mol. The third-order valence-electron chi connectivity index (χ3n) is 2.16. The monoisotopic (exact) mass is 192 g/mol. The average Bonchev–Trinajstić information content (AvgIpc) is 2.03. The van der Waals surface area contributed by atoms with Gasteiger partial charge < -0.3 is 0 Å². The number of thioether (sulfide) groups is 1. The third kappa shape index (κ3) is 3.25. The fourth-order valence-corrected chi connectivity index (χ4v) is 3.22. The Morgan fingerprint density at radius 1 is 1.36 bits per heavy atom. The lowest BCUT2D eigenvalue weighted by molar-refractivity contribution is 0.522. The summed E-state index contributed by atoms with van der Waals surface area (Å²) in [5, 5.41) is 1.21. The zero-order valence-corrected chi connectivity index (χ0v) is 8.76. The van der Waals surface area contributed by atoms with Crippen LogP contribution in [0.1, 0.15) is 39.0 Å². The van der Waals surface area contributed by atoms with Crippen molar-refractivity contribution in [1.82, 2.24) is 0 Å². The molecular formula is C9H17ClS. The van der Waals surface area contributed by atoms with Crippen LogP contribution in [0.25, 0.3) is 0 Å². The van der Waals surface area contributed by atoms with E-state index in [1.165, 1.54) is 37.9 Å². The molecule has 0 aromatic heterocycles. The molecule has 0 amide bonds. The third-order valence-corrected chi connectivity index (χ3v) is 4.47. The minimum atomic E-state index is 0.459. The van der Waals surface area contributed by atoms with Crippen LogP contribution >= 0.6 is 23.4 Å². The topological polar surface area (TPSA) is 0 Å². The molecule has 0 unspecified atom stereocenters. The molecule has 1 aliphatic carbocycles. The number of alkyl halides is 1. The van der Waals surface area contributed by atoms with Crippen molar-refractivity contribution in [2.45, 2.75) is 49.7 Å². The van der Waals surface area contributed by atoms with Gasteiger partial charge in [0, 0.05) is 10.6 Å². The molecule has 0 bridgehead atoms. The Kier molecular flexibility index (Phi) is 4.70. The summed E-state index contributed by atoms with van der Waals surface area (Å²) >= 11 is 8.27. The van der Waals surface area contributed by atoms with Gasteiger partial charge >= 0.3 is 0 Å². The summed E-state index contributed by atoms with van der Waals surface area (Å²) in [6.07, 6.45) is 6.61. The summed E-state index contributed by atoms with van der Waals surface area (Å²) in [6.45, 7) is 2.24. The van der Waals surface area contributed by atoms with Crippen LogP contribution in [0.5, 0.6) is 0 Å². The maximum atomic E-state index is 6.20. The minimum absolute atomic E-state index is 0.459.